The highest BCUT2D eigenvalue weighted by Gasteiger charge is 2.27. The highest BCUT2D eigenvalue weighted by atomic mass is 32.2. The summed E-state index contributed by atoms with van der Waals surface area (Å²) in [7, 11) is -3.91. The van der Waals surface area contributed by atoms with Gasteiger partial charge >= 0.3 is 0 Å². The highest BCUT2D eigenvalue weighted by Crippen LogP contribution is 2.26. The molecular formula is C25H28N2O3S. The van der Waals surface area contributed by atoms with Crippen molar-refractivity contribution in [2.75, 3.05) is 10.8 Å². The summed E-state index contributed by atoms with van der Waals surface area (Å²) in [6, 6.07) is 19.8. The monoisotopic (exact) mass is 436 g/mol. The van der Waals surface area contributed by atoms with Crippen molar-refractivity contribution >= 4 is 21.6 Å². The first-order chi connectivity index (χ1) is 14.7. The Labute approximate surface area is 184 Å². The minimum absolute atomic E-state index is 0.156. The Hall–Kier alpha value is -3.12. The van der Waals surface area contributed by atoms with Gasteiger partial charge in [-0.3, -0.25) is 9.10 Å². The van der Waals surface area contributed by atoms with E-state index in [1.807, 2.05) is 58.0 Å². The molecule has 0 aliphatic heterocycles. The molecule has 0 bridgehead atoms. The van der Waals surface area contributed by atoms with Crippen molar-refractivity contribution in [1.82, 2.24) is 5.32 Å². The van der Waals surface area contributed by atoms with Gasteiger partial charge in [-0.2, -0.15) is 0 Å². The Balaban J connectivity index is 1.90. The number of hydrogen-bond acceptors (Lipinski definition) is 3. The van der Waals surface area contributed by atoms with Crippen LogP contribution in [-0.4, -0.2) is 20.9 Å². The van der Waals surface area contributed by atoms with Crippen molar-refractivity contribution in [3.05, 3.63) is 94.5 Å². The third-order valence-corrected chi connectivity index (χ3v) is 7.20. The lowest BCUT2D eigenvalue weighted by molar-refractivity contribution is -0.119. The number of benzene rings is 3. The first-order valence-electron chi connectivity index (χ1n) is 10.2. The maximum atomic E-state index is 13.5. The predicted octanol–water partition coefficient (Wildman–Crippen LogP) is 4.43. The molecule has 0 aliphatic rings. The fourth-order valence-corrected chi connectivity index (χ4v) is 4.63. The van der Waals surface area contributed by atoms with Gasteiger partial charge in [0.15, 0.2) is 0 Å². The molecule has 0 saturated carbocycles. The van der Waals surface area contributed by atoms with E-state index in [0.29, 0.717) is 12.2 Å². The van der Waals surface area contributed by atoms with Crippen molar-refractivity contribution in [3.8, 4) is 0 Å². The van der Waals surface area contributed by atoms with Gasteiger partial charge in [0.2, 0.25) is 5.91 Å². The molecule has 0 heterocycles. The van der Waals surface area contributed by atoms with Crippen LogP contribution in [0.5, 0.6) is 0 Å². The van der Waals surface area contributed by atoms with Crippen LogP contribution in [0.4, 0.5) is 5.69 Å². The van der Waals surface area contributed by atoms with Crippen LogP contribution in [0.25, 0.3) is 0 Å². The van der Waals surface area contributed by atoms with Gasteiger partial charge in [-0.15, -0.1) is 0 Å². The Morgan fingerprint density at radius 3 is 2.16 bits per heavy atom. The fraction of sp³-hybridized carbons (Fsp3) is 0.240. The van der Waals surface area contributed by atoms with Gasteiger partial charge in [-0.1, -0.05) is 48.0 Å². The van der Waals surface area contributed by atoms with Crippen LogP contribution in [0.2, 0.25) is 0 Å². The molecular weight excluding hydrogens is 408 g/mol. The molecule has 0 radical (unpaired) electrons. The molecule has 31 heavy (non-hydrogen) atoms. The van der Waals surface area contributed by atoms with Gasteiger partial charge in [0, 0.05) is 6.54 Å². The SMILES string of the molecule is Cc1ccc(S(=O)(=O)N(CC(=O)NCc2ccccc2C)c2ccc(C)c(C)c2)cc1. The summed E-state index contributed by atoms with van der Waals surface area (Å²) in [6.07, 6.45) is 0. The zero-order valence-electron chi connectivity index (χ0n) is 18.3. The first-order valence-corrected chi connectivity index (χ1v) is 11.6. The van der Waals surface area contributed by atoms with E-state index in [1.54, 1.807) is 36.4 Å². The lowest BCUT2D eigenvalue weighted by Gasteiger charge is -2.25. The summed E-state index contributed by atoms with van der Waals surface area (Å²) in [5.41, 5.74) is 5.51. The van der Waals surface area contributed by atoms with Crippen LogP contribution in [0.15, 0.2) is 71.6 Å². The molecule has 0 atom stereocenters. The number of nitrogens with zero attached hydrogens (tertiary/aromatic N) is 1. The Kier molecular flexibility index (Phi) is 6.81. The first kappa shape index (κ1) is 22.6. The second-order valence-corrected chi connectivity index (χ2v) is 9.66. The van der Waals surface area contributed by atoms with Crippen LogP contribution in [-0.2, 0) is 21.4 Å². The lowest BCUT2D eigenvalue weighted by Crippen LogP contribution is -2.40. The number of anilines is 1. The summed E-state index contributed by atoms with van der Waals surface area (Å²) in [6.45, 7) is 7.81. The van der Waals surface area contributed by atoms with Crippen molar-refractivity contribution in [1.29, 1.82) is 0 Å². The largest absolute Gasteiger partial charge is 0.350 e. The third-order valence-electron chi connectivity index (χ3n) is 5.41. The minimum Gasteiger partial charge on any atom is -0.350 e. The maximum absolute atomic E-state index is 13.5. The number of aryl methyl sites for hydroxylation is 4. The molecule has 0 unspecified atom stereocenters. The molecule has 5 nitrogen and oxygen atoms in total. The molecule has 0 spiro atoms. The Morgan fingerprint density at radius 2 is 1.52 bits per heavy atom. The van der Waals surface area contributed by atoms with Crippen LogP contribution in [0.1, 0.15) is 27.8 Å². The summed E-state index contributed by atoms with van der Waals surface area (Å²) in [4.78, 5) is 12.9. The van der Waals surface area contributed by atoms with Crippen molar-refractivity contribution in [2.24, 2.45) is 0 Å². The number of rotatable bonds is 7. The van der Waals surface area contributed by atoms with Crippen LogP contribution >= 0.6 is 0 Å². The molecule has 3 aromatic rings. The second kappa shape index (κ2) is 9.35. The van der Waals surface area contributed by atoms with E-state index >= 15 is 0 Å². The molecule has 0 saturated heterocycles. The summed E-state index contributed by atoms with van der Waals surface area (Å²) >= 11 is 0. The summed E-state index contributed by atoms with van der Waals surface area (Å²) in [5.74, 6) is -0.364. The molecule has 162 valence electrons. The Bertz CT molecular complexity index is 1190. The molecule has 0 fully saturated rings. The molecule has 1 amide bonds. The van der Waals surface area contributed by atoms with Gasteiger partial charge in [-0.05, 0) is 74.2 Å². The van der Waals surface area contributed by atoms with E-state index in [0.717, 1.165) is 27.8 Å². The van der Waals surface area contributed by atoms with Gasteiger partial charge < -0.3 is 5.32 Å². The zero-order valence-corrected chi connectivity index (χ0v) is 19.2. The molecule has 0 aliphatic carbocycles. The zero-order chi connectivity index (χ0) is 22.6. The number of sulfonamides is 1. The minimum atomic E-state index is -3.91. The number of carbonyl (C=O) groups excluding carboxylic acids is 1. The average molecular weight is 437 g/mol. The normalized spacial score (nSPS) is 11.2. The van der Waals surface area contributed by atoms with Gasteiger partial charge in [0.25, 0.3) is 10.0 Å². The van der Waals surface area contributed by atoms with Gasteiger partial charge in [0.1, 0.15) is 6.54 Å². The van der Waals surface area contributed by atoms with Gasteiger partial charge in [-0.25, -0.2) is 8.42 Å². The van der Waals surface area contributed by atoms with Crippen LogP contribution in [0.3, 0.4) is 0 Å². The topological polar surface area (TPSA) is 66.5 Å². The molecule has 6 heteroatoms. The molecule has 1 N–H and O–H groups in total. The van der Waals surface area contributed by atoms with Crippen LogP contribution < -0.4 is 9.62 Å². The standard InChI is InChI=1S/C25H28N2O3S/c1-18-9-13-24(14-10-18)31(29,30)27(23-12-11-19(2)21(4)15-23)17-25(28)26-16-22-8-6-5-7-20(22)3/h5-15H,16-17H2,1-4H3,(H,26,28). The van der Waals surface area contributed by atoms with E-state index in [9.17, 15) is 13.2 Å². The van der Waals surface area contributed by atoms with E-state index in [4.69, 9.17) is 0 Å². The quantitative estimate of drug-likeness (QED) is 0.596. The van der Waals surface area contributed by atoms with E-state index in [-0.39, 0.29) is 17.3 Å². The number of hydrogen-bond donors (Lipinski definition) is 1. The van der Waals surface area contributed by atoms with Crippen molar-refractivity contribution in [3.63, 3.8) is 0 Å². The predicted molar refractivity (Wildman–Crippen MR) is 125 cm³/mol. The van der Waals surface area contributed by atoms with Gasteiger partial charge in [0.05, 0.1) is 10.6 Å². The van der Waals surface area contributed by atoms with Crippen LogP contribution in [0, 0.1) is 27.7 Å². The average Bonchev–Trinajstić information content (AvgIpc) is 2.74. The summed E-state index contributed by atoms with van der Waals surface area (Å²) < 4.78 is 28.1. The fourth-order valence-electron chi connectivity index (χ4n) is 3.22. The molecule has 3 rings (SSSR count). The number of carbonyl (C=O) groups is 1. The Morgan fingerprint density at radius 1 is 0.839 bits per heavy atom. The van der Waals surface area contributed by atoms with Crippen molar-refractivity contribution < 1.29 is 13.2 Å². The number of amides is 1. The highest BCUT2D eigenvalue weighted by molar-refractivity contribution is 7.92. The smallest absolute Gasteiger partial charge is 0.264 e. The molecule has 3 aromatic carbocycles. The molecule has 0 aromatic heterocycles. The van der Waals surface area contributed by atoms with Crippen molar-refractivity contribution in [2.45, 2.75) is 39.1 Å². The van der Waals surface area contributed by atoms with E-state index in [1.165, 1.54) is 4.31 Å². The summed E-state index contributed by atoms with van der Waals surface area (Å²) in [5, 5.41) is 2.85. The number of nitrogens with one attached hydrogen (secondary N) is 1. The lowest BCUT2D eigenvalue weighted by atomic mass is 10.1. The third kappa shape index (κ3) is 5.33. The van der Waals surface area contributed by atoms with E-state index in [2.05, 4.69) is 5.32 Å². The second-order valence-electron chi connectivity index (χ2n) is 7.80. The maximum Gasteiger partial charge on any atom is 0.264 e. The van der Waals surface area contributed by atoms with E-state index < -0.39 is 10.0 Å².